The van der Waals surface area contributed by atoms with E-state index in [-0.39, 0.29) is 31.2 Å². The van der Waals surface area contributed by atoms with Crippen LogP contribution in [0.3, 0.4) is 0 Å². The Kier molecular flexibility index (Phi) is 8.18. The first kappa shape index (κ1) is 22.9. The zero-order chi connectivity index (χ0) is 21.6. The Morgan fingerprint density at radius 3 is 2.10 bits per heavy atom. The number of benzene rings is 1. The summed E-state index contributed by atoms with van der Waals surface area (Å²) < 4.78 is 55.5. The first-order valence-electron chi connectivity index (χ1n) is 8.13. The summed E-state index contributed by atoms with van der Waals surface area (Å²) in [6, 6.07) is 0. The molecule has 1 aromatic carbocycles. The summed E-state index contributed by atoms with van der Waals surface area (Å²) >= 11 is 0. The Morgan fingerprint density at radius 2 is 1.55 bits per heavy atom. The zero-order valence-electron chi connectivity index (χ0n) is 14.8. The fourth-order valence-corrected chi connectivity index (χ4v) is 4.38. The molecule has 29 heavy (non-hydrogen) atoms. The highest BCUT2D eigenvalue weighted by Crippen LogP contribution is 2.31. The molecule has 154 valence electrons. The minimum Gasteiger partial charge on any atom is -0.294 e. The van der Waals surface area contributed by atoms with Gasteiger partial charge < -0.3 is 0 Å². The maximum Gasteiger partial charge on any atom is 0.296 e. The Hall–Kier alpha value is -2.43. The summed E-state index contributed by atoms with van der Waals surface area (Å²) in [4.78, 5) is 38.6. The third kappa shape index (κ3) is 5.34. The van der Waals surface area contributed by atoms with E-state index in [1.165, 1.54) is 33.7 Å². The molecule has 0 radical (unpaired) electrons. The molecule has 0 aliphatic carbocycles. The molecular formula is C17H14F4N3O3S2+. The molecule has 0 aromatic heterocycles. The van der Waals surface area contributed by atoms with Crippen LogP contribution < -0.4 is 0 Å². The number of hydrogen-bond donors (Lipinski definition) is 0. The van der Waals surface area contributed by atoms with Crippen molar-refractivity contribution < 1.29 is 36.7 Å². The SMILES string of the molecule is C=[N+]=Nc1c(F)c(F)c(C(=O)CCCSSCCN2C(=O)C=CC2=O)c(F)c1F. The van der Waals surface area contributed by atoms with Crippen molar-refractivity contribution in [1.82, 2.24) is 4.90 Å². The molecule has 0 unspecified atom stereocenters. The van der Waals surface area contributed by atoms with Gasteiger partial charge in [-0.05, 0) is 6.42 Å². The first-order chi connectivity index (χ1) is 13.8. The number of Topliss-reactive ketones (excluding diaryl/α,β-unsaturated/α-hetero) is 1. The van der Waals surface area contributed by atoms with Crippen LogP contribution in [0.5, 0.6) is 0 Å². The van der Waals surface area contributed by atoms with Gasteiger partial charge in [-0.25, -0.2) is 17.6 Å². The number of halogens is 4. The molecular weight excluding hydrogens is 434 g/mol. The van der Waals surface area contributed by atoms with Gasteiger partial charge in [0.15, 0.2) is 29.1 Å². The molecule has 0 saturated heterocycles. The average molecular weight is 448 g/mol. The fourth-order valence-electron chi connectivity index (χ4n) is 2.34. The largest absolute Gasteiger partial charge is 0.296 e. The number of carbonyl (C=O) groups is 3. The van der Waals surface area contributed by atoms with E-state index in [1.54, 1.807) is 0 Å². The van der Waals surface area contributed by atoms with Gasteiger partial charge in [-0.1, -0.05) is 21.6 Å². The zero-order valence-corrected chi connectivity index (χ0v) is 16.4. The van der Waals surface area contributed by atoms with Gasteiger partial charge in [0.2, 0.25) is 5.69 Å². The molecule has 0 saturated carbocycles. The summed E-state index contributed by atoms with van der Waals surface area (Å²) in [5.41, 5.74) is -2.58. The second-order valence-corrected chi connectivity index (χ2v) is 8.26. The van der Waals surface area contributed by atoms with E-state index in [1.807, 2.05) is 0 Å². The molecule has 0 atom stereocenters. The van der Waals surface area contributed by atoms with Gasteiger partial charge in [0, 0.05) is 41.4 Å². The third-order valence-electron chi connectivity index (χ3n) is 3.70. The minimum absolute atomic E-state index is 0.197. The van der Waals surface area contributed by atoms with E-state index in [0.717, 1.165) is 4.90 Å². The first-order valence-corrected chi connectivity index (χ1v) is 10.6. The van der Waals surface area contributed by atoms with Crippen molar-refractivity contribution in [3.05, 3.63) is 41.0 Å². The second-order valence-electron chi connectivity index (χ2n) is 5.55. The van der Waals surface area contributed by atoms with Crippen LogP contribution in [-0.4, -0.2) is 52.1 Å². The Balaban J connectivity index is 1.82. The van der Waals surface area contributed by atoms with Gasteiger partial charge in [0.1, 0.15) is 5.11 Å². The van der Waals surface area contributed by atoms with Crippen LogP contribution in [0.1, 0.15) is 23.2 Å². The van der Waals surface area contributed by atoms with Gasteiger partial charge >= 0.3 is 0 Å². The van der Waals surface area contributed by atoms with Gasteiger partial charge in [0.05, 0.1) is 5.56 Å². The molecule has 2 rings (SSSR count). The molecule has 1 aliphatic heterocycles. The topological polar surface area (TPSA) is 80.9 Å². The number of imide groups is 1. The highest BCUT2D eigenvalue weighted by atomic mass is 33.1. The van der Waals surface area contributed by atoms with E-state index in [0.29, 0.717) is 11.5 Å². The minimum atomic E-state index is -1.83. The van der Waals surface area contributed by atoms with E-state index >= 15 is 0 Å². The molecule has 0 fully saturated rings. The highest BCUT2D eigenvalue weighted by molar-refractivity contribution is 8.76. The fraction of sp³-hybridized carbons (Fsp3) is 0.294. The van der Waals surface area contributed by atoms with Gasteiger partial charge in [-0.2, -0.15) is 0 Å². The second kappa shape index (κ2) is 10.4. The van der Waals surface area contributed by atoms with E-state index in [2.05, 4.69) is 16.6 Å². The molecule has 0 bridgehead atoms. The smallest absolute Gasteiger partial charge is 0.294 e. The Bertz CT molecular complexity index is 886. The summed E-state index contributed by atoms with van der Waals surface area (Å²) in [6.07, 6.45) is 2.24. The van der Waals surface area contributed by atoms with Crippen molar-refractivity contribution in [3.8, 4) is 0 Å². The normalized spacial score (nSPS) is 13.2. The molecule has 0 spiro atoms. The maximum atomic E-state index is 14.0. The quantitative estimate of drug-likeness (QED) is 0.0630. The number of ketones is 1. The van der Waals surface area contributed by atoms with Crippen LogP contribution in [0.2, 0.25) is 0 Å². The molecule has 0 N–H and O–H groups in total. The molecule has 12 heteroatoms. The predicted molar refractivity (Wildman–Crippen MR) is 100 cm³/mol. The van der Waals surface area contributed by atoms with Crippen molar-refractivity contribution in [2.75, 3.05) is 18.1 Å². The lowest BCUT2D eigenvalue weighted by atomic mass is 10.0. The van der Waals surface area contributed by atoms with Crippen LogP contribution >= 0.6 is 21.6 Å². The standard InChI is InChI=1S/C17H14F4N3O3S2/c1-22-23-17-15(20)13(18)12(14(19)16(17)21)9(25)3-2-7-28-29-8-6-24-10(26)4-5-11(24)27/h4-5H,1-3,6-8H2/q+1. The number of amides is 2. The van der Waals surface area contributed by atoms with E-state index < -0.39 is 40.3 Å². The van der Waals surface area contributed by atoms with Gasteiger partial charge in [-0.3, -0.25) is 19.3 Å². The van der Waals surface area contributed by atoms with E-state index in [4.69, 9.17) is 0 Å². The highest BCUT2D eigenvalue weighted by Gasteiger charge is 2.30. The van der Waals surface area contributed by atoms with Gasteiger partial charge in [0.25, 0.3) is 18.5 Å². The van der Waals surface area contributed by atoms with Crippen molar-refractivity contribution in [2.24, 2.45) is 5.11 Å². The molecule has 1 aliphatic rings. The van der Waals surface area contributed by atoms with Crippen LogP contribution in [0, 0.1) is 23.3 Å². The maximum absolute atomic E-state index is 14.0. The number of hydrogen-bond acceptors (Lipinski definition) is 6. The van der Waals surface area contributed by atoms with Crippen molar-refractivity contribution in [3.63, 3.8) is 0 Å². The average Bonchev–Trinajstić information content (AvgIpc) is 3.01. The van der Waals surface area contributed by atoms with Gasteiger partial charge in [-0.15, -0.1) is 0 Å². The third-order valence-corrected chi connectivity index (χ3v) is 6.17. The summed E-state index contributed by atoms with van der Waals surface area (Å²) in [5.74, 6) is -8.26. The van der Waals surface area contributed by atoms with E-state index in [9.17, 15) is 31.9 Å². The van der Waals surface area contributed by atoms with Crippen LogP contribution in [0.25, 0.3) is 0 Å². The van der Waals surface area contributed by atoms with Crippen molar-refractivity contribution >= 4 is 51.6 Å². The number of rotatable bonds is 10. The van der Waals surface area contributed by atoms with Crippen LogP contribution in [0.15, 0.2) is 17.3 Å². The lowest BCUT2D eigenvalue weighted by molar-refractivity contribution is -0.136. The summed E-state index contributed by atoms with van der Waals surface area (Å²) in [5, 5.41) is 2.89. The number of nitrogens with zero attached hydrogens (tertiary/aromatic N) is 3. The monoisotopic (exact) mass is 448 g/mol. The number of carbonyl (C=O) groups excluding carboxylic acids is 3. The molecule has 6 nitrogen and oxygen atoms in total. The van der Waals surface area contributed by atoms with Crippen LogP contribution in [-0.2, 0) is 9.59 Å². The Morgan fingerprint density at radius 1 is 1.00 bits per heavy atom. The molecule has 1 heterocycles. The lowest BCUT2D eigenvalue weighted by Gasteiger charge is -2.12. The van der Waals surface area contributed by atoms with Crippen molar-refractivity contribution in [1.29, 1.82) is 0 Å². The van der Waals surface area contributed by atoms with Crippen molar-refractivity contribution in [2.45, 2.75) is 12.8 Å². The summed E-state index contributed by atoms with van der Waals surface area (Å²) in [6.45, 7) is 3.08. The lowest BCUT2D eigenvalue weighted by Crippen LogP contribution is -2.31. The molecule has 2 amide bonds. The molecule has 1 aromatic rings. The Labute approximate surface area is 170 Å². The summed E-state index contributed by atoms with van der Waals surface area (Å²) in [7, 11) is 2.67. The predicted octanol–water partition coefficient (Wildman–Crippen LogP) is 3.50. The van der Waals surface area contributed by atoms with Crippen LogP contribution in [0.4, 0.5) is 23.2 Å².